The van der Waals surface area contributed by atoms with Crippen LogP contribution in [0.5, 0.6) is 0 Å². The van der Waals surface area contributed by atoms with Crippen LogP contribution in [-0.4, -0.2) is 8.76 Å². The van der Waals surface area contributed by atoms with Gasteiger partial charge < -0.3 is 4.55 Å². The fraction of sp³-hybridized carbons (Fsp3) is 0. The van der Waals surface area contributed by atoms with Crippen LogP contribution in [-0.2, 0) is 11.1 Å². The molecule has 0 saturated carbocycles. The molecule has 1 aromatic rings. The van der Waals surface area contributed by atoms with E-state index >= 15 is 0 Å². The molecule has 0 fully saturated rings. The van der Waals surface area contributed by atoms with Crippen molar-refractivity contribution in [1.82, 2.24) is 0 Å². The third kappa shape index (κ3) is 1.99. The smallest absolute Gasteiger partial charge is 0.0393 e. The van der Waals surface area contributed by atoms with Gasteiger partial charge in [-0.1, -0.05) is 6.07 Å². The summed E-state index contributed by atoms with van der Waals surface area (Å²) in [6.07, 6.45) is 0. The van der Waals surface area contributed by atoms with Crippen LogP contribution in [0.3, 0.4) is 0 Å². The molecule has 0 aliphatic carbocycles. The van der Waals surface area contributed by atoms with Gasteiger partial charge in [-0.2, -0.15) is 0 Å². The van der Waals surface area contributed by atoms with Gasteiger partial charge in [0.2, 0.25) is 0 Å². The van der Waals surface area contributed by atoms with Crippen molar-refractivity contribution >= 4 is 36.3 Å². The second-order valence-corrected chi connectivity index (χ2v) is 3.70. The first-order valence-electron chi connectivity index (χ1n) is 2.73. The van der Waals surface area contributed by atoms with Gasteiger partial charge >= 0.3 is 0 Å². The van der Waals surface area contributed by atoms with E-state index in [0.29, 0.717) is 9.79 Å². The summed E-state index contributed by atoms with van der Waals surface area (Å²) in [7, 11) is 0. The quantitative estimate of drug-likeness (QED) is 0.539. The molecule has 1 rings (SSSR count). The molecule has 5 heteroatoms. The molecule has 60 valence electrons. The summed E-state index contributed by atoms with van der Waals surface area (Å²) in [5.41, 5.74) is 0. The van der Waals surface area contributed by atoms with E-state index in [1.54, 1.807) is 12.1 Å². The molecule has 0 spiro atoms. The summed E-state index contributed by atoms with van der Waals surface area (Å²) in [4.78, 5) is 1.14. The first-order chi connectivity index (χ1) is 5.13. The summed E-state index contributed by atoms with van der Waals surface area (Å²) >= 11 is 5.77. The first kappa shape index (κ1) is 9.12. The number of thiol groups is 2. The van der Waals surface area contributed by atoms with Crippen molar-refractivity contribution < 1.29 is 8.76 Å². The summed E-state index contributed by atoms with van der Waals surface area (Å²) in [6.45, 7) is 0. The van der Waals surface area contributed by atoms with Crippen molar-refractivity contribution in [3.05, 3.63) is 18.2 Å². The van der Waals surface area contributed by atoms with Crippen molar-refractivity contribution in [3.8, 4) is 0 Å². The van der Waals surface area contributed by atoms with E-state index in [1.807, 2.05) is 0 Å². The van der Waals surface area contributed by atoms with Crippen molar-refractivity contribution in [1.29, 1.82) is 0 Å². The third-order valence-electron chi connectivity index (χ3n) is 1.16. The average Bonchev–Trinajstić information content (AvgIpc) is 1.94. The Hall–Kier alpha value is 0.0300. The zero-order chi connectivity index (χ0) is 8.43. The van der Waals surface area contributed by atoms with E-state index in [9.17, 15) is 8.76 Å². The van der Waals surface area contributed by atoms with Crippen LogP contribution < -0.4 is 0 Å². The molecule has 0 saturated heterocycles. The second-order valence-electron chi connectivity index (χ2n) is 1.86. The second kappa shape index (κ2) is 3.62. The Bertz CT molecular complexity index is 298. The molecule has 0 amide bonds. The monoisotopic (exact) mass is 205 g/mol. The topological polar surface area (TPSA) is 40.1 Å². The third-order valence-corrected chi connectivity index (χ3v) is 3.04. The molecular weight excluding hydrogens is 200 g/mol. The van der Waals surface area contributed by atoms with E-state index < -0.39 is 11.1 Å². The van der Waals surface area contributed by atoms with Gasteiger partial charge in [0, 0.05) is 14.7 Å². The minimum atomic E-state index is -2.23. The van der Waals surface area contributed by atoms with E-state index in [2.05, 4.69) is 25.3 Å². The predicted molar refractivity (Wildman–Crippen MR) is 48.1 cm³/mol. The molecule has 0 bridgehead atoms. The van der Waals surface area contributed by atoms with Crippen molar-refractivity contribution in [2.45, 2.75) is 14.7 Å². The Morgan fingerprint density at radius 1 is 1.36 bits per heavy atom. The number of hydrogen-bond donors (Lipinski definition) is 2. The van der Waals surface area contributed by atoms with Gasteiger partial charge in [-0.25, -0.2) is 0 Å². The van der Waals surface area contributed by atoms with E-state index in [4.69, 9.17) is 0 Å². The summed E-state index contributed by atoms with van der Waals surface area (Å²) < 4.78 is 21.0. The van der Waals surface area contributed by atoms with Crippen LogP contribution in [0.15, 0.2) is 32.9 Å². The lowest BCUT2D eigenvalue weighted by molar-refractivity contribution is 0.534. The van der Waals surface area contributed by atoms with Crippen LogP contribution >= 0.6 is 25.3 Å². The summed E-state index contributed by atoms with van der Waals surface area (Å²) in [5, 5.41) is 0. The SMILES string of the molecule is O=S([O-])c1cccc(S)c1S. The highest BCUT2D eigenvalue weighted by Crippen LogP contribution is 2.23. The van der Waals surface area contributed by atoms with Crippen LogP contribution in [0, 0.1) is 0 Å². The Labute approximate surface area is 78.1 Å². The first-order valence-corrected chi connectivity index (χ1v) is 4.70. The largest absolute Gasteiger partial charge is 0.768 e. The fourth-order valence-corrected chi connectivity index (χ4v) is 1.76. The molecule has 0 radical (unpaired) electrons. The zero-order valence-corrected chi connectivity index (χ0v) is 7.96. The maximum Gasteiger partial charge on any atom is 0.0393 e. The van der Waals surface area contributed by atoms with Gasteiger partial charge in [0.1, 0.15) is 0 Å². The van der Waals surface area contributed by atoms with Gasteiger partial charge in [-0.3, -0.25) is 4.21 Å². The summed E-state index contributed by atoms with van der Waals surface area (Å²) in [6, 6.07) is 4.78. The standard InChI is InChI=1S/C6H6O2S3/c7-11(8)5-3-1-2-4(9)6(5)10/h1-3,9-10H,(H,7,8)/p-1. The highest BCUT2D eigenvalue weighted by Gasteiger charge is 2.00. The van der Waals surface area contributed by atoms with Crippen LogP contribution in [0.2, 0.25) is 0 Å². The molecule has 0 heterocycles. The van der Waals surface area contributed by atoms with Gasteiger partial charge in [0.05, 0.1) is 0 Å². The lowest BCUT2D eigenvalue weighted by atomic mass is 10.4. The van der Waals surface area contributed by atoms with Crippen LogP contribution in [0.1, 0.15) is 0 Å². The molecule has 0 aromatic heterocycles. The molecule has 0 N–H and O–H groups in total. The predicted octanol–water partition coefficient (Wildman–Crippen LogP) is 1.50. The van der Waals surface area contributed by atoms with Crippen LogP contribution in [0.25, 0.3) is 0 Å². The number of benzene rings is 1. The lowest BCUT2D eigenvalue weighted by Crippen LogP contribution is -1.90. The molecule has 1 unspecified atom stereocenters. The molecule has 0 aliphatic heterocycles. The average molecular weight is 205 g/mol. The maximum atomic E-state index is 10.5. The van der Waals surface area contributed by atoms with Crippen molar-refractivity contribution in [3.63, 3.8) is 0 Å². The molecular formula is C6H5O2S3-. The minimum absolute atomic E-state index is 0.181. The molecule has 11 heavy (non-hydrogen) atoms. The molecule has 0 aliphatic rings. The van der Waals surface area contributed by atoms with E-state index in [-0.39, 0.29) is 4.90 Å². The highest BCUT2D eigenvalue weighted by atomic mass is 32.2. The van der Waals surface area contributed by atoms with Crippen molar-refractivity contribution in [2.75, 3.05) is 0 Å². The maximum absolute atomic E-state index is 10.5. The molecule has 1 aromatic carbocycles. The van der Waals surface area contributed by atoms with Gasteiger partial charge in [-0.05, 0) is 23.2 Å². The zero-order valence-electron chi connectivity index (χ0n) is 5.35. The Balaban J connectivity index is 3.27. The normalized spacial score (nSPS) is 13.0. The van der Waals surface area contributed by atoms with E-state index in [0.717, 1.165) is 0 Å². The fourth-order valence-electron chi connectivity index (χ4n) is 0.645. The van der Waals surface area contributed by atoms with Gasteiger partial charge in [0.25, 0.3) is 0 Å². The molecule has 1 atom stereocenters. The van der Waals surface area contributed by atoms with Gasteiger partial charge in [-0.15, -0.1) is 25.3 Å². The van der Waals surface area contributed by atoms with E-state index in [1.165, 1.54) is 6.07 Å². The van der Waals surface area contributed by atoms with Crippen molar-refractivity contribution in [2.24, 2.45) is 0 Å². The lowest BCUT2D eigenvalue weighted by Gasteiger charge is -2.08. The number of rotatable bonds is 1. The summed E-state index contributed by atoms with van der Waals surface area (Å²) in [5.74, 6) is 0. The van der Waals surface area contributed by atoms with Gasteiger partial charge in [0.15, 0.2) is 0 Å². The Kier molecular flexibility index (Phi) is 3.00. The molecule has 2 nitrogen and oxygen atoms in total. The minimum Gasteiger partial charge on any atom is -0.768 e. The highest BCUT2D eigenvalue weighted by molar-refractivity contribution is 7.85. The number of hydrogen-bond acceptors (Lipinski definition) is 4. The van der Waals surface area contributed by atoms with Crippen LogP contribution in [0.4, 0.5) is 0 Å². The Morgan fingerprint density at radius 2 is 2.00 bits per heavy atom. The Morgan fingerprint density at radius 3 is 2.45 bits per heavy atom.